The molecule has 3 heterocycles. The molecular weight excluding hydrogens is 977 g/mol. The molecule has 3 rings (SSSR count). The van der Waals surface area contributed by atoms with E-state index in [-0.39, 0.29) is 44.6 Å². The minimum Gasteiger partial charge on any atom is -0.481 e. The summed E-state index contributed by atoms with van der Waals surface area (Å²) >= 11 is 0. The Bertz CT molecular complexity index is 1870. The summed E-state index contributed by atoms with van der Waals surface area (Å²) < 4.78 is 23.7. The van der Waals surface area contributed by atoms with Gasteiger partial charge in [0.1, 0.15) is 24.2 Å². The van der Waals surface area contributed by atoms with E-state index < -0.39 is 146 Å². The summed E-state index contributed by atoms with van der Waals surface area (Å²) in [4.78, 5) is 40.6. The van der Waals surface area contributed by atoms with Crippen molar-refractivity contribution >= 4 is 17.8 Å². The summed E-state index contributed by atoms with van der Waals surface area (Å²) in [5, 5.41) is 124. The maximum atomic E-state index is 13.3. The Morgan fingerprint density at radius 2 is 1.29 bits per heavy atom. The molecule has 2 fully saturated rings. The number of hydrogen-bond donors (Lipinski definition) is 12. The fourth-order valence-corrected chi connectivity index (χ4v) is 9.59. The van der Waals surface area contributed by atoms with Crippen molar-refractivity contribution in [1.29, 1.82) is 0 Å². The van der Waals surface area contributed by atoms with Gasteiger partial charge in [0.05, 0.1) is 80.0 Å². The van der Waals surface area contributed by atoms with Crippen molar-refractivity contribution in [2.24, 2.45) is 17.8 Å². The summed E-state index contributed by atoms with van der Waals surface area (Å²) in [6.45, 7) is 12.1. The molecule has 19 atom stereocenters. The quantitative estimate of drug-likeness (QED) is 0.140. The summed E-state index contributed by atoms with van der Waals surface area (Å²) in [6, 6.07) is -1.23. The second-order valence-electron chi connectivity index (χ2n) is 20.6. The second-order valence-corrected chi connectivity index (χ2v) is 20.6. The number of carbonyl (C=O) groups is 3. The number of cyclic esters (lactones) is 1. The molecule has 12 N–H and O–H groups in total. The molecule has 75 heavy (non-hydrogen) atoms. The van der Waals surface area contributed by atoms with Crippen LogP contribution in [-0.4, -0.2) is 196 Å². The maximum absolute atomic E-state index is 13.3. The smallest absolute Gasteiger partial charge is 0.311 e. The molecule has 0 aromatic carbocycles. The molecule has 0 aliphatic carbocycles. The summed E-state index contributed by atoms with van der Waals surface area (Å²) in [6.07, 6.45) is 2.85. The number of aliphatic hydroxyl groups excluding tert-OH is 9. The highest BCUT2D eigenvalue weighted by atomic mass is 16.7. The second kappa shape index (κ2) is 33.6. The van der Waals surface area contributed by atoms with E-state index in [1.54, 1.807) is 38.2 Å². The van der Waals surface area contributed by atoms with Gasteiger partial charge in [-0.15, -0.1) is 0 Å². The summed E-state index contributed by atoms with van der Waals surface area (Å²) in [5.41, 5.74) is 0. The van der Waals surface area contributed by atoms with Crippen LogP contribution in [0.25, 0.3) is 0 Å². The Balaban J connectivity index is 1.91. The molecule has 0 aromatic heterocycles. The van der Waals surface area contributed by atoms with Gasteiger partial charge in [-0.2, -0.15) is 0 Å². The van der Waals surface area contributed by atoms with Crippen molar-refractivity contribution in [3.05, 3.63) is 72.9 Å². The van der Waals surface area contributed by atoms with Crippen molar-refractivity contribution < 1.29 is 89.5 Å². The van der Waals surface area contributed by atoms with E-state index in [2.05, 4.69) is 5.32 Å². The van der Waals surface area contributed by atoms with E-state index in [9.17, 15) is 70.6 Å². The zero-order valence-electron chi connectivity index (χ0n) is 44.7. The van der Waals surface area contributed by atoms with Gasteiger partial charge in [-0.05, 0) is 78.3 Å². The topological polar surface area (TPSA) is 326 Å². The molecule has 1 amide bonds. The standard InChI is InChI=1S/C55H90N2O18/c1-7-25-57(26-8-2)33-46(64)56-49-51(67)37(6)73-54(52(49)68)74-41-22-20-18-16-14-12-10-9-11-13-15-17-19-21-34(3)50(66)35(4)36(5)72-47(65)29-40(60)28-39(59)27-38(58)23-24-42(61)43(62)31-55(71)32-44(63)48(53(69)70)45(30-41)75-55/h9-10,12,14-22,34-45,48-52,54,58-63,66-68,71H,7-8,11,13,23-33H2,1-6H3,(H,56,64)(H,69,70)/b10-9+,14-12+,17-15+,18-16+,21-19+,22-20+/t34-,35-,36-,37+,38+,39+,40+,41-,42+,43+,44-,45-,48+,49-,50+,51+,52-,54-,55+/m0/s1. The number of nitrogens with one attached hydrogen (secondary N) is 1. The number of carbonyl (C=O) groups excluding carboxylic acids is 2. The van der Waals surface area contributed by atoms with Gasteiger partial charge in [-0.25, -0.2) is 0 Å². The molecule has 428 valence electrons. The number of aliphatic carboxylic acids is 1. The third-order valence-electron chi connectivity index (χ3n) is 14.0. The summed E-state index contributed by atoms with van der Waals surface area (Å²) in [7, 11) is 0. The molecule has 0 aromatic rings. The highest BCUT2D eigenvalue weighted by Gasteiger charge is 2.51. The lowest BCUT2D eigenvalue weighted by Crippen LogP contribution is -2.64. The number of ether oxygens (including phenoxy) is 4. The number of hydrogen-bond acceptors (Lipinski definition) is 18. The van der Waals surface area contributed by atoms with Crippen molar-refractivity contribution in [2.75, 3.05) is 19.6 Å². The van der Waals surface area contributed by atoms with Crippen molar-refractivity contribution in [3.8, 4) is 0 Å². The molecule has 2 bridgehead atoms. The van der Waals surface area contributed by atoms with E-state index in [1.807, 2.05) is 68.2 Å². The zero-order valence-corrected chi connectivity index (χ0v) is 44.7. The number of allylic oxidation sites excluding steroid dienone is 10. The molecule has 20 nitrogen and oxygen atoms in total. The van der Waals surface area contributed by atoms with Crippen molar-refractivity contribution in [3.63, 3.8) is 0 Å². The highest BCUT2D eigenvalue weighted by Crippen LogP contribution is 2.38. The lowest BCUT2D eigenvalue weighted by Gasteiger charge is -2.45. The van der Waals surface area contributed by atoms with Gasteiger partial charge in [0.2, 0.25) is 5.91 Å². The van der Waals surface area contributed by atoms with Gasteiger partial charge in [0.15, 0.2) is 12.1 Å². The predicted octanol–water partition coefficient (Wildman–Crippen LogP) is 2.22. The largest absolute Gasteiger partial charge is 0.481 e. The fraction of sp³-hybridized carbons (Fsp3) is 0.727. The van der Waals surface area contributed by atoms with Crippen LogP contribution in [0.3, 0.4) is 0 Å². The van der Waals surface area contributed by atoms with Gasteiger partial charge >= 0.3 is 11.9 Å². The average Bonchev–Trinajstić information content (AvgIpc) is 3.32. The normalized spacial score (nSPS) is 40.8. The maximum Gasteiger partial charge on any atom is 0.311 e. The SMILES string of the molecule is CCCN(CCC)CC(=O)N[C@@H]1[C@H](O)[C@H](O[C@H]2/C=C/C=C/C=C/C=C/CC/C=C/C=C/[C@H](C)[C@@H](O)[C@@H](C)[C@H](C)OC(=O)C[C@H](O)C[C@H](O)C[C@H](O)CC[C@@H](O)[C@H](O)C[C@]3(O)C[C@H](O)[C@@H](C(=O)O)[C@H](C2)O3)O[C@H](C)[C@H]1O. The number of carboxylic acids is 1. The predicted molar refractivity (Wildman–Crippen MR) is 278 cm³/mol. The fourth-order valence-electron chi connectivity index (χ4n) is 9.59. The molecule has 3 aliphatic rings. The molecule has 0 spiro atoms. The highest BCUT2D eigenvalue weighted by molar-refractivity contribution is 5.78. The number of rotatable bonds is 10. The van der Waals surface area contributed by atoms with Crippen LogP contribution in [0.15, 0.2) is 72.9 Å². The van der Waals surface area contributed by atoms with Gasteiger partial charge < -0.3 is 80.4 Å². The van der Waals surface area contributed by atoms with Crippen molar-refractivity contribution in [1.82, 2.24) is 10.2 Å². The third kappa shape index (κ3) is 23.0. The van der Waals surface area contributed by atoms with Crippen LogP contribution in [0.2, 0.25) is 0 Å². The van der Waals surface area contributed by atoms with Crippen LogP contribution in [0, 0.1) is 17.8 Å². The Morgan fingerprint density at radius 3 is 1.93 bits per heavy atom. The molecule has 0 radical (unpaired) electrons. The van der Waals surface area contributed by atoms with Crippen LogP contribution < -0.4 is 5.32 Å². The van der Waals surface area contributed by atoms with E-state index >= 15 is 0 Å². The Hall–Kier alpha value is -3.71. The molecule has 0 unspecified atom stereocenters. The lowest BCUT2D eigenvalue weighted by molar-refractivity contribution is -0.310. The van der Waals surface area contributed by atoms with Crippen molar-refractivity contribution in [2.45, 2.75) is 216 Å². The summed E-state index contributed by atoms with van der Waals surface area (Å²) in [5.74, 6) is -7.40. The average molecular weight is 1070 g/mol. The van der Waals surface area contributed by atoms with Gasteiger partial charge in [-0.1, -0.05) is 101 Å². The zero-order chi connectivity index (χ0) is 55.8. The first-order valence-electron chi connectivity index (χ1n) is 26.8. The first kappa shape index (κ1) is 65.6. The first-order chi connectivity index (χ1) is 35.5. The molecule has 2 saturated heterocycles. The number of nitrogens with zero attached hydrogens (tertiary/aromatic N) is 1. The van der Waals surface area contributed by atoms with Crippen LogP contribution in [0.4, 0.5) is 0 Å². The van der Waals surface area contributed by atoms with E-state index in [0.29, 0.717) is 13.1 Å². The van der Waals surface area contributed by atoms with E-state index in [4.69, 9.17) is 18.9 Å². The number of carboxylic acid groups (broad SMARTS) is 1. The van der Waals surface area contributed by atoms with Gasteiger partial charge in [-0.3, -0.25) is 19.3 Å². The minimum atomic E-state index is -2.40. The third-order valence-corrected chi connectivity index (χ3v) is 14.0. The van der Waals surface area contributed by atoms with Crippen LogP contribution in [0.5, 0.6) is 0 Å². The molecule has 3 aliphatic heterocycles. The Kier molecular flexibility index (Phi) is 29.3. The molecule has 0 saturated carbocycles. The Labute approximate surface area is 442 Å². The number of amides is 1. The van der Waals surface area contributed by atoms with Crippen LogP contribution >= 0.6 is 0 Å². The van der Waals surface area contributed by atoms with Gasteiger partial charge in [0.25, 0.3) is 0 Å². The molecular formula is C55H90N2O18. The first-order valence-corrected chi connectivity index (χ1v) is 26.8. The number of fused-ring (bicyclic) bond motifs is 2. The number of esters is 1. The van der Waals surface area contributed by atoms with E-state index in [0.717, 1.165) is 25.7 Å². The van der Waals surface area contributed by atoms with Crippen LogP contribution in [-0.2, 0) is 33.3 Å². The Morgan fingerprint density at radius 1 is 0.707 bits per heavy atom. The van der Waals surface area contributed by atoms with Crippen LogP contribution in [0.1, 0.15) is 119 Å². The lowest BCUT2D eigenvalue weighted by atomic mass is 9.82. The van der Waals surface area contributed by atoms with Gasteiger partial charge in [0, 0.05) is 31.1 Å². The molecule has 20 heteroatoms. The minimum absolute atomic E-state index is 0.0209. The number of aliphatic hydroxyl groups is 10. The monoisotopic (exact) mass is 1070 g/mol. The van der Waals surface area contributed by atoms with E-state index in [1.165, 1.54) is 13.0 Å².